The van der Waals surface area contributed by atoms with Gasteiger partial charge < -0.3 is 5.11 Å². The second-order valence-corrected chi connectivity index (χ2v) is 7.86. The van der Waals surface area contributed by atoms with Gasteiger partial charge in [0.15, 0.2) is 0 Å². The molecule has 0 aliphatic carbocycles. The topological polar surface area (TPSA) is 23.5 Å². The van der Waals surface area contributed by atoms with E-state index in [1.807, 2.05) is 0 Å². The van der Waals surface area contributed by atoms with E-state index in [0.29, 0.717) is 6.04 Å². The number of benzene rings is 1. The highest BCUT2D eigenvalue weighted by Crippen LogP contribution is 2.27. The Kier molecular flexibility index (Phi) is 5.11. The number of nitrogens with zero attached hydrogens (tertiary/aromatic N) is 1. The summed E-state index contributed by atoms with van der Waals surface area (Å²) >= 11 is 0. The van der Waals surface area contributed by atoms with E-state index in [-0.39, 0.29) is 11.5 Å². The molecule has 118 valence electrons. The summed E-state index contributed by atoms with van der Waals surface area (Å²) in [5.41, 5.74) is 2.52. The quantitative estimate of drug-likeness (QED) is 0.904. The average molecular weight is 289 g/mol. The number of hydrogen-bond acceptors (Lipinski definition) is 2. The van der Waals surface area contributed by atoms with E-state index in [1.165, 1.54) is 18.4 Å². The largest absolute Gasteiger partial charge is 0.387 e. The van der Waals surface area contributed by atoms with Crippen molar-refractivity contribution in [3.63, 3.8) is 0 Å². The number of aliphatic hydroxyl groups excluding tert-OH is 1. The predicted octanol–water partition coefficient (Wildman–Crippen LogP) is 4.14. The van der Waals surface area contributed by atoms with E-state index in [1.54, 1.807) is 0 Å². The van der Waals surface area contributed by atoms with Gasteiger partial charge >= 0.3 is 0 Å². The third-order valence-electron chi connectivity index (χ3n) is 4.84. The van der Waals surface area contributed by atoms with Crippen LogP contribution in [0.15, 0.2) is 24.3 Å². The van der Waals surface area contributed by atoms with Crippen LogP contribution < -0.4 is 0 Å². The summed E-state index contributed by atoms with van der Waals surface area (Å²) in [4.78, 5) is 2.43. The molecule has 3 unspecified atom stereocenters. The summed E-state index contributed by atoms with van der Waals surface area (Å²) in [5, 5.41) is 10.5. The molecule has 2 rings (SSSR count). The van der Waals surface area contributed by atoms with E-state index in [2.05, 4.69) is 63.8 Å². The monoisotopic (exact) mass is 289 g/mol. The standard InChI is InChI=1S/C19H31NO/c1-14-10-11-20(15(2)12-14)13-18(21)16-6-8-17(9-7-16)19(3,4)5/h6-9,14-15,18,21H,10-13H2,1-5H3. The van der Waals surface area contributed by atoms with Crippen LogP contribution in [0.5, 0.6) is 0 Å². The lowest BCUT2D eigenvalue weighted by atomic mass is 9.86. The van der Waals surface area contributed by atoms with Gasteiger partial charge in [-0.05, 0) is 48.8 Å². The summed E-state index contributed by atoms with van der Waals surface area (Å²) < 4.78 is 0. The highest BCUT2D eigenvalue weighted by molar-refractivity contribution is 5.28. The van der Waals surface area contributed by atoms with Crippen LogP contribution in [0.3, 0.4) is 0 Å². The zero-order chi connectivity index (χ0) is 15.6. The number of likely N-dealkylation sites (tertiary alicyclic amines) is 1. The molecule has 1 aromatic rings. The van der Waals surface area contributed by atoms with Crippen LogP contribution in [0, 0.1) is 5.92 Å². The number of piperidine rings is 1. The summed E-state index contributed by atoms with van der Waals surface area (Å²) in [6.07, 6.45) is 2.12. The maximum Gasteiger partial charge on any atom is 0.0917 e. The Balaban J connectivity index is 1.98. The Morgan fingerprint density at radius 2 is 1.81 bits per heavy atom. The molecule has 0 aromatic heterocycles. The highest BCUT2D eigenvalue weighted by Gasteiger charge is 2.25. The van der Waals surface area contributed by atoms with Gasteiger partial charge in [-0.15, -0.1) is 0 Å². The third-order valence-corrected chi connectivity index (χ3v) is 4.84. The van der Waals surface area contributed by atoms with E-state index < -0.39 is 0 Å². The smallest absolute Gasteiger partial charge is 0.0917 e. The first-order valence-electron chi connectivity index (χ1n) is 8.30. The molecule has 1 fully saturated rings. The van der Waals surface area contributed by atoms with Gasteiger partial charge in [0.05, 0.1) is 6.10 Å². The molecule has 1 aliphatic rings. The zero-order valence-corrected chi connectivity index (χ0v) is 14.3. The lowest BCUT2D eigenvalue weighted by Gasteiger charge is -2.37. The first-order valence-corrected chi connectivity index (χ1v) is 8.30. The molecule has 1 N–H and O–H groups in total. The van der Waals surface area contributed by atoms with E-state index in [4.69, 9.17) is 0 Å². The van der Waals surface area contributed by atoms with Gasteiger partial charge in [0.25, 0.3) is 0 Å². The van der Waals surface area contributed by atoms with Crippen LogP contribution in [-0.2, 0) is 5.41 Å². The van der Waals surface area contributed by atoms with Gasteiger partial charge in [-0.3, -0.25) is 4.90 Å². The summed E-state index contributed by atoms with van der Waals surface area (Å²) in [6.45, 7) is 13.1. The van der Waals surface area contributed by atoms with Crippen molar-refractivity contribution in [2.45, 2.75) is 65.0 Å². The average Bonchev–Trinajstić information content (AvgIpc) is 2.41. The molecular formula is C19H31NO. The van der Waals surface area contributed by atoms with Gasteiger partial charge in [-0.1, -0.05) is 52.0 Å². The lowest BCUT2D eigenvalue weighted by Crippen LogP contribution is -2.42. The van der Waals surface area contributed by atoms with Gasteiger partial charge in [0.1, 0.15) is 0 Å². The number of β-amino-alcohol motifs (C(OH)–C–C–N with tert-alkyl or cyclic N) is 1. The maximum absolute atomic E-state index is 10.5. The Bertz CT molecular complexity index is 446. The van der Waals surface area contributed by atoms with Gasteiger partial charge in [0.2, 0.25) is 0 Å². The summed E-state index contributed by atoms with van der Waals surface area (Å²) in [5.74, 6) is 0.819. The molecule has 0 radical (unpaired) electrons. The van der Waals surface area contributed by atoms with Gasteiger partial charge in [0, 0.05) is 12.6 Å². The fourth-order valence-corrected chi connectivity index (χ4v) is 3.26. The van der Waals surface area contributed by atoms with Gasteiger partial charge in [-0.2, -0.15) is 0 Å². The van der Waals surface area contributed by atoms with Crippen LogP contribution in [0.4, 0.5) is 0 Å². The molecule has 1 aliphatic heterocycles. The first-order chi connectivity index (χ1) is 9.77. The Hall–Kier alpha value is -0.860. The van der Waals surface area contributed by atoms with Crippen LogP contribution in [-0.4, -0.2) is 29.1 Å². The molecule has 21 heavy (non-hydrogen) atoms. The van der Waals surface area contributed by atoms with Crippen molar-refractivity contribution >= 4 is 0 Å². The minimum atomic E-state index is -0.380. The lowest BCUT2D eigenvalue weighted by molar-refractivity contribution is 0.0601. The third kappa shape index (κ3) is 4.31. The van der Waals surface area contributed by atoms with Crippen molar-refractivity contribution < 1.29 is 5.11 Å². The minimum Gasteiger partial charge on any atom is -0.387 e. The van der Waals surface area contributed by atoms with Crippen molar-refractivity contribution in [1.82, 2.24) is 4.90 Å². The van der Waals surface area contributed by atoms with Crippen molar-refractivity contribution in [2.75, 3.05) is 13.1 Å². The summed E-state index contributed by atoms with van der Waals surface area (Å²) in [7, 11) is 0. The molecule has 1 saturated heterocycles. The van der Waals surface area contributed by atoms with Gasteiger partial charge in [-0.25, -0.2) is 0 Å². The molecule has 0 saturated carbocycles. The molecule has 0 spiro atoms. The maximum atomic E-state index is 10.5. The van der Waals surface area contributed by atoms with Crippen LogP contribution in [0.1, 0.15) is 64.7 Å². The number of rotatable bonds is 3. The van der Waals surface area contributed by atoms with E-state index in [0.717, 1.165) is 24.6 Å². The summed E-state index contributed by atoms with van der Waals surface area (Å²) in [6, 6.07) is 9.06. The SMILES string of the molecule is CC1CCN(CC(O)c2ccc(C(C)(C)C)cc2)C(C)C1. The van der Waals surface area contributed by atoms with Crippen molar-refractivity contribution in [3.8, 4) is 0 Å². The molecule has 2 nitrogen and oxygen atoms in total. The Morgan fingerprint density at radius 3 is 2.33 bits per heavy atom. The van der Waals surface area contributed by atoms with Crippen LogP contribution in [0.25, 0.3) is 0 Å². The first kappa shape index (κ1) is 16.5. The van der Waals surface area contributed by atoms with Crippen molar-refractivity contribution in [3.05, 3.63) is 35.4 Å². The minimum absolute atomic E-state index is 0.168. The van der Waals surface area contributed by atoms with E-state index in [9.17, 15) is 5.11 Å². The molecular weight excluding hydrogens is 258 g/mol. The molecule has 1 heterocycles. The Labute approximate surface area is 130 Å². The fourth-order valence-electron chi connectivity index (χ4n) is 3.26. The number of hydrogen-bond donors (Lipinski definition) is 1. The van der Waals surface area contributed by atoms with Crippen LogP contribution in [0.2, 0.25) is 0 Å². The second kappa shape index (κ2) is 6.50. The predicted molar refractivity (Wildman–Crippen MR) is 89.5 cm³/mol. The molecule has 1 aromatic carbocycles. The Morgan fingerprint density at radius 1 is 1.19 bits per heavy atom. The van der Waals surface area contributed by atoms with E-state index >= 15 is 0 Å². The highest BCUT2D eigenvalue weighted by atomic mass is 16.3. The molecule has 0 bridgehead atoms. The van der Waals surface area contributed by atoms with Crippen LogP contribution >= 0.6 is 0 Å². The van der Waals surface area contributed by atoms with Crippen molar-refractivity contribution in [2.24, 2.45) is 5.92 Å². The van der Waals surface area contributed by atoms with Crippen molar-refractivity contribution in [1.29, 1.82) is 0 Å². The zero-order valence-electron chi connectivity index (χ0n) is 14.3. The fraction of sp³-hybridized carbons (Fsp3) is 0.684. The molecule has 0 amide bonds. The second-order valence-electron chi connectivity index (χ2n) is 7.86. The number of aliphatic hydroxyl groups is 1. The molecule has 2 heteroatoms. The normalized spacial score (nSPS) is 25.8. The molecule has 3 atom stereocenters.